The van der Waals surface area contributed by atoms with Crippen LogP contribution in [0.5, 0.6) is 5.75 Å². The van der Waals surface area contributed by atoms with Crippen molar-refractivity contribution in [2.45, 2.75) is 58.7 Å². The predicted molar refractivity (Wildman–Crippen MR) is 83.3 cm³/mol. The van der Waals surface area contributed by atoms with Crippen LogP contribution in [0, 0.1) is 11.8 Å². The minimum atomic E-state index is -0.491. The summed E-state index contributed by atoms with van der Waals surface area (Å²) in [6, 6.07) is 5.53. The van der Waals surface area contributed by atoms with E-state index in [9.17, 15) is 5.11 Å². The first-order chi connectivity index (χ1) is 9.31. The number of hydrogen-bond acceptors (Lipinski definition) is 2. The maximum atomic E-state index is 10.5. The Morgan fingerprint density at radius 2 is 1.85 bits per heavy atom. The molecule has 1 aromatic carbocycles. The minimum absolute atomic E-state index is 0.261. The second-order valence-electron chi connectivity index (χ2n) is 6.88. The van der Waals surface area contributed by atoms with Gasteiger partial charge in [0.25, 0.3) is 0 Å². The Balaban J connectivity index is 2.34. The van der Waals surface area contributed by atoms with Gasteiger partial charge in [0.1, 0.15) is 11.4 Å². The molecule has 0 amide bonds. The lowest BCUT2D eigenvalue weighted by molar-refractivity contribution is -0.0406. The molecule has 3 heteroatoms. The number of benzene rings is 1. The van der Waals surface area contributed by atoms with Gasteiger partial charge in [-0.25, -0.2) is 0 Å². The van der Waals surface area contributed by atoms with E-state index in [1.807, 2.05) is 18.2 Å². The van der Waals surface area contributed by atoms with Gasteiger partial charge in [-0.3, -0.25) is 0 Å². The molecule has 1 unspecified atom stereocenters. The summed E-state index contributed by atoms with van der Waals surface area (Å²) in [5.74, 6) is 1.86. The lowest BCUT2D eigenvalue weighted by Crippen LogP contribution is -2.43. The molecule has 1 aliphatic heterocycles. The first-order valence-corrected chi connectivity index (χ1v) is 7.85. The van der Waals surface area contributed by atoms with Crippen LogP contribution in [0.25, 0.3) is 0 Å². The molecule has 20 heavy (non-hydrogen) atoms. The fourth-order valence-corrected chi connectivity index (χ4v) is 3.61. The second-order valence-corrected chi connectivity index (χ2v) is 7.32. The Labute approximate surface area is 127 Å². The van der Waals surface area contributed by atoms with E-state index in [-0.39, 0.29) is 5.60 Å². The van der Waals surface area contributed by atoms with E-state index >= 15 is 0 Å². The number of ether oxygens (including phenoxy) is 1. The molecule has 0 radical (unpaired) electrons. The average molecular weight is 297 g/mol. The summed E-state index contributed by atoms with van der Waals surface area (Å²) in [4.78, 5) is 0. The predicted octanol–water partition coefficient (Wildman–Crippen LogP) is 4.99. The Hall–Kier alpha value is -0.730. The number of halogens is 1. The molecule has 2 nitrogen and oxygen atoms in total. The summed E-state index contributed by atoms with van der Waals surface area (Å²) < 4.78 is 6.35. The fourth-order valence-electron chi connectivity index (χ4n) is 3.43. The Kier molecular flexibility index (Phi) is 4.66. The van der Waals surface area contributed by atoms with E-state index in [4.69, 9.17) is 16.3 Å². The molecule has 0 saturated carbocycles. The van der Waals surface area contributed by atoms with Gasteiger partial charge < -0.3 is 9.84 Å². The van der Waals surface area contributed by atoms with E-state index < -0.39 is 6.10 Å². The average Bonchev–Trinajstić information content (AvgIpc) is 2.28. The van der Waals surface area contributed by atoms with Crippen molar-refractivity contribution >= 4 is 11.6 Å². The maximum Gasteiger partial charge on any atom is 0.126 e. The molecule has 1 heterocycles. The van der Waals surface area contributed by atoms with Crippen molar-refractivity contribution in [3.05, 3.63) is 28.8 Å². The number of fused-ring (bicyclic) bond motifs is 1. The van der Waals surface area contributed by atoms with E-state index in [0.717, 1.165) is 24.2 Å². The van der Waals surface area contributed by atoms with E-state index in [2.05, 4.69) is 27.7 Å². The molecule has 0 spiro atoms. The first-order valence-electron chi connectivity index (χ1n) is 7.48. The Bertz CT molecular complexity index is 458. The molecule has 0 aliphatic carbocycles. The molecule has 2 rings (SSSR count). The van der Waals surface area contributed by atoms with Gasteiger partial charge in [-0.2, -0.15) is 0 Å². The van der Waals surface area contributed by atoms with Gasteiger partial charge in [0, 0.05) is 17.0 Å². The van der Waals surface area contributed by atoms with Crippen LogP contribution in [0.2, 0.25) is 5.02 Å². The molecule has 1 atom stereocenters. The Morgan fingerprint density at radius 3 is 2.40 bits per heavy atom. The first kappa shape index (κ1) is 15.7. The standard InChI is InChI=1S/C17H25ClO2/c1-11(2)8-17(9-12(3)4)10-15(19)14-7-13(18)5-6-16(14)20-17/h5-7,11-12,15,19H,8-10H2,1-4H3. The van der Waals surface area contributed by atoms with Crippen molar-refractivity contribution in [2.75, 3.05) is 0 Å². The van der Waals surface area contributed by atoms with Gasteiger partial charge in [-0.05, 0) is 42.9 Å². The summed E-state index contributed by atoms with van der Waals surface area (Å²) in [5, 5.41) is 11.2. The van der Waals surface area contributed by atoms with Gasteiger partial charge in [-0.15, -0.1) is 0 Å². The zero-order chi connectivity index (χ0) is 14.9. The zero-order valence-electron chi connectivity index (χ0n) is 12.8. The van der Waals surface area contributed by atoms with Crippen molar-refractivity contribution < 1.29 is 9.84 Å². The number of rotatable bonds is 4. The van der Waals surface area contributed by atoms with Gasteiger partial charge in [0.2, 0.25) is 0 Å². The van der Waals surface area contributed by atoms with Crippen molar-refractivity contribution in [3.8, 4) is 5.75 Å². The molecule has 1 N–H and O–H groups in total. The molecular weight excluding hydrogens is 272 g/mol. The monoisotopic (exact) mass is 296 g/mol. The van der Waals surface area contributed by atoms with Crippen LogP contribution >= 0.6 is 11.6 Å². The van der Waals surface area contributed by atoms with Crippen LogP contribution in [0.3, 0.4) is 0 Å². The fraction of sp³-hybridized carbons (Fsp3) is 0.647. The zero-order valence-corrected chi connectivity index (χ0v) is 13.6. The molecule has 1 aromatic rings. The summed E-state index contributed by atoms with van der Waals surface area (Å²) >= 11 is 6.02. The highest BCUT2D eigenvalue weighted by atomic mass is 35.5. The normalized spacial score (nSPS) is 20.9. The lowest BCUT2D eigenvalue weighted by Gasteiger charge is -2.43. The third kappa shape index (κ3) is 3.48. The van der Waals surface area contributed by atoms with Gasteiger partial charge >= 0.3 is 0 Å². The molecule has 0 aromatic heterocycles. The van der Waals surface area contributed by atoms with Crippen molar-refractivity contribution in [1.29, 1.82) is 0 Å². The summed E-state index contributed by atoms with van der Waals surface area (Å²) in [6.07, 6.45) is 2.08. The SMILES string of the molecule is CC(C)CC1(CC(C)C)CC(O)c2cc(Cl)ccc2O1. The highest BCUT2D eigenvalue weighted by molar-refractivity contribution is 6.30. The highest BCUT2D eigenvalue weighted by Crippen LogP contribution is 2.45. The van der Waals surface area contributed by atoms with Crippen LogP contribution < -0.4 is 4.74 Å². The van der Waals surface area contributed by atoms with E-state index in [1.165, 1.54) is 0 Å². The summed E-state index contributed by atoms with van der Waals surface area (Å²) in [7, 11) is 0. The quantitative estimate of drug-likeness (QED) is 0.848. The van der Waals surface area contributed by atoms with Gasteiger partial charge in [0.15, 0.2) is 0 Å². The third-order valence-electron chi connectivity index (χ3n) is 3.78. The second kappa shape index (κ2) is 5.95. The van der Waals surface area contributed by atoms with Gasteiger partial charge in [-0.1, -0.05) is 39.3 Å². The Morgan fingerprint density at radius 1 is 1.25 bits per heavy atom. The number of aliphatic hydroxyl groups excluding tert-OH is 1. The molecule has 1 aliphatic rings. The highest BCUT2D eigenvalue weighted by Gasteiger charge is 2.41. The van der Waals surface area contributed by atoms with Crippen molar-refractivity contribution in [2.24, 2.45) is 11.8 Å². The lowest BCUT2D eigenvalue weighted by atomic mass is 9.78. The minimum Gasteiger partial charge on any atom is -0.487 e. The van der Waals surface area contributed by atoms with Crippen molar-refractivity contribution in [1.82, 2.24) is 0 Å². The van der Waals surface area contributed by atoms with Gasteiger partial charge in [0.05, 0.1) is 6.10 Å². The summed E-state index contributed by atoms with van der Waals surface area (Å²) in [5.41, 5.74) is 0.559. The number of aliphatic hydroxyl groups is 1. The third-order valence-corrected chi connectivity index (χ3v) is 4.02. The van der Waals surface area contributed by atoms with Crippen LogP contribution in [0.15, 0.2) is 18.2 Å². The molecule has 0 bridgehead atoms. The number of hydrogen-bond donors (Lipinski definition) is 1. The largest absolute Gasteiger partial charge is 0.487 e. The maximum absolute atomic E-state index is 10.5. The molecule has 112 valence electrons. The molecule has 0 fully saturated rings. The van der Waals surface area contributed by atoms with Crippen LogP contribution in [-0.4, -0.2) is 10.7 Å². The molecule has 0 saturated heterocycles. The smallest absolute Gasteiger partial charge is 0.126 e. The topological polar surface area (TPSA) is 29.5 Å². The van der Waals surface area contributed by atoms with Crippen LogP contribution in [0.4, 0.5) is 0 Å². The van der Waals surface area contributed by atoms with E-state index in [0.29, 0.717) is 23.3 Å². The molecular formula is C17H25ClO2. The van der Waals surface area contributed by atoms with E-state index in [1.54, 1.807) is 0 Å². The van der Waals surface area contributed by atoms with Crippen LogP contribution in [-0.2, 0) is 0 Å². The van der Waals surface area contributed by atoms with Crippen molar-refractivity contribution in [3.63, 3.8) is 0 Å². The van der Waals surface area contributed by atoms with Crippen LogP contribution in [0.1, 0.15) is 58.6 Å². The summed E-state index contributed by atoms with van der Waals surface area (Å²) in [6.45, 7) is 8.81.